The number of piperidine rings is 1. The van der Waals surface area contributed by atoms with Crippen molar-refractivity contribution in [2.75, 3.05) is 26.7 Å². The molecular formula is C11H23N3O. The van der Waals surface area contributed by atoms with E-state index in [1.54, 1.807) is 4.90 Å². The molecule has 1 aliphatic heterocycles. The summed E-state index contributed by atoms with van der Waals surface area (Å²) in [5.41, 5.74) is 0. The van der Waals surface area contributed by atoms with Gasteiger partial charge in [-0.25, -0.2) is 4.79 Å². The smallest absolute Gasteiger partial charge is 0.317 e. The highest BCUT2D eigenvalue weighted by atomic mass is 16.2. The Balaban J connectivity index is 2.07. The standard InChI is InChI=1S/C11H23N3O/c1-3-14(2)11(15)13-9-7-10-6-4-5-8-12-10/h10,12H,3-9H2,1-2H3,(H,13,15). The molecule has 0 aromatic carbocycles. The van der Waals surface area contributed by atoms with E-state index in [-0.39, 0.29) is 6.03 Å². The third kappa shape index (κ3) is 4.51. The predicted molar refractivity (Wildman–Crippen MR) is 62.0 cm³/mol. The Labute approximate surface area is 92.4 Å². The number of hydrogen-bond donors (Lipinski definition) is 2. The monoisotopic (exact) mass is 213 g/mol. The van der Waals surface area contributed by atoms with E-state index < -0.39 is 0 Å². The molecule has 1 aliphatic rings. The number of nitrogens with one attached hydrogen (secondary N) is 2. The van der Waals surface area contributed by atoms with Crippen molar-refractivity contribution in [1.82, 2.24) is 15.5 Å². The summed E-state index contributed by atoms with van der Waals surface area (Å²) in [4.78, 5) is 13.1. The molecule has 4 nitrogen and oxygen atoms in total. The van der Waals surface area contributed by atoms with Crippen molar-refractivity contribution in [3.8, 4) is 0 Å². The minimum atomic E-state index is 0.0355. The first-order chi connectivity index (χ1) is 7.24. The average Bonchev–Trinajstić information content (AvgIpc) is 2.29. The van der Waals surface area contributed by atoms with E-state index in [0.717, 1.165) is 26.1 Å². The molecule has 1 heterocycles. The summed E-state index contributed by atoms with van der Waals surface area (Å²) >= 11 is 0. The summed E-state index contributed by atoms with van der Waals surface area (Å²) in [7, 11) is 1.81. The second-order valence-corrected chi connectivity index (χ2v) is 4.18. The van der Waals surface area contributed by atoms with Gasteiger partial charge in [0.15, 0.2) is 0 Å². The number of hydrogen-bond acceptors (Lipinski definition) is 2. The molecule has 15 heavy (non-hydrogen) atoms. The molecule has 0 aromatic rings. The maximum Gasteiger partial charge on any atom is 0.317 e. The van der Waals surface area contributed by atoms with Gasteiger partial charge in [-0.15, -0.1) is 0 Å². The van der Waals surface area contributed by atoms with Crippen LogP contribution in [0.3, 0.4) is 0 Å². The molecule has 1 rings (SSSR count). The molecule has 0 spiro atoms. The summed E-state index contributed by atoms with van der Waals surface area (Å²) in [5.74, 6) is 0. The van der Waals surface area contributed by atoms with Gasteiger partial charge in [-0.05, 0) is 32.7 Å². The first kappa shape index (κ1) is 12.3. The van der Waals surface area contributed by atoms with E-state index in [1.165, 1.54) is 19.3 Å². The third-order valence-electron chi connectivity index (χ3n) is 3.00. The normalized spacial score (nSPS) is 21.1. The molecule has 1 saturated heterocycles. The van der Waals surface area contributed by atoms with Crippen molar-refractivity contribution in [2.45, 2.75) is 38.6 Å². The second-order valence-electron chi connectivity index (χ2n) is 4.18. The summed E-state index contributed by atoms with van der Waals surface area (Å²) < 4.78 is 0. The van der Waals surface area contributed by atoms with Crippen LogP contribution in [0, 0.1) is 0 Å². The largest absolute Gasteiger partial charge is 0.338 e. The van der Waals surface area contributed by atoms with Gasteiger partial charge in [-0.3, -0.25) is 0 Å². The summed E-state index contributed by atoms with van der Waals surface area (Å²) in [6, 6.07) is 0.638. The zero-order valence-electron chi connectivity index (χ0n) is 9.88. The maximum atomic E-state index is 11.4. The molecule has 2 N–H and O–H groups in total. The van der Waals surface area contributed by atoms with E-state index >= 15 is 0 Å². The molecule has 1 fully saturated rings. The quantitative estimate of drug-likeness (QED) is 0.736. The molecule has 0 aromatic heterocycles. The third-order valence-corrected chi connectivity index (χ3v) is 3.00. The van der Waals surface area contributed by atoms with Gasteiger partial charge in [0.25, 0.3) is 0 Å². The van der Waals surface area contributed by atoms with Crippen molar-refractivity contribution >= 4 is 6.03 Å². The molecule has 0 aliphatic carbocycles. The zero-order valence-corrected chi connectivity index (χ0v) is 9.88. The highest BCUT2D eigenvalue weighted by Crippen LogP contribution is 2.09. The van der Waals surface area contributed by atoms with Gasteiger partial charge >= 0.3 is 6.03 Å². The van der Waals surface area contributed by atoms with Crippen LogP contribution in [0.5, 0.6) is 0 Å². The maximum absolute atomic E-state index is 11.4. The molecule has 88 valence electrons. The molecule has 1 unspecified atom stereocenters. The van der Waals surface area contributed by atoms with Gasteiger partial charge in [0, 0.05) is 26.2 Å². The van der Waals surface area contributed by atoms with Gasteiger partial charge < -0.3 is 15.5 Å². The van der Waals surface area contributed by atoms with Crippen molar-refractivity contribution < 1.29 is 4.79 Å². The number of carbonyl (C=O) groups excluding carboxylic acids is 1. The van der Waals surface area contributed by atoms with Crippen LogP contribution in [0.15, 0.2) is 0 Å². The second kappa shape index (κ2) is 6.67. The first-order valence-corrected chi connectivity index (χ1v) is 5.96. The lowest BCUT2D eigenvalue weighted by Gasteiger charge is -2.24. The minimum Gasteiger partial charge on any atom is -0.338 e. The molecule has 0 bridgehead atoms. The Hall–Kier alpha value is -0.770. The number of carbonyl (C=O) groups is 1. The van der Waals surface area contributed by atoms with E-state index in [2.05, 4.69) is 10.6 Å². The van der Waals surface area contributed by atoms with Gasteiger partial charge in [0.2, 0.25) is 0 Å². The van der Waals surface area contributed by atoms with Crippen molar-refractivity contribution in [2.24, 2.45) is 0 Å². The number of rotatable bonds is 4. The van der Waals surface area contributed by atoms with Crippen LogP contribution in [0.2, 0.25) is 0 Å². The summed E-state index contributed by atoms with van der Waals surface area (Å²) in [6.07, 6.45) is 4.91. The number of amides is 2. The van der Waals surface area contributed by atoms with E-state index in [9.17, 15) is 4.79 Å². The molecule has 2 amide bonds. The molecular weight excluding hydrogens is 190 g/mol. The van der Waals surface area contributed by atoms with Crippen LogP contribution in [0.25, 0.3) is 0 Å². The number of nitrogens with zero attached hydrogens (tertiary/aromatic N) is 1. The van der Waals surface area contributed by atoms with Crippen LogP contribution in [-0.2, 0) is 0 Å². The van der Waals surface area contributed by atoms with E-state index in [0.29, 0.717) is 6.04 Å². The predicted octanol–water partition coefficient (Wildman–Crippen LogP) is 1.18. The zero-order chi connectivity index (χ0) is 11.1. The Kier molecular flexibility index (Phi) is 5.47. The van der Waals surface area contributed by atoms with Crippen LogP contribution in [0.1, 0.15) is 32.6 Å². The lowest BCUT2D eigenvalue weighted by molar-refractivity contribution is 0.210. The van der Waals surface area contributed by atoms with Gasteiger partial charge in [-0.1, -0.05) is 6.42 Å². The lowest BCUT2D eigenvalue weighted by atomic mass is 10.0. The van der Waals surface area contributed by atoms with Gasteiger partial charge in [0.1, 0.15) is 0 Å². The Morgan fingerprint density at radius 3 is 2.93 bits per heavy atom. The fourth-order valence-electron chi connectivity index (χ4n) is 1.80. The molecule has 4 heteroatoms. The van der Waals surface area contributed by atoms with E-state index in [1.807, 2.05) is 14.0 Å². The summed E-state index contributed by atoms with van der Waals surface area (Å²) in [5, 5.41) is 6.40. The topological polar surface area (TPSA) is 44.4 Å². The fourth-order valence-corrected chi connectivity index (χ4v) is 1.80. The Morgan fingerprint density at radius 1 is 1.53 bits per heavy atom. The van der Waals surface area contributed by atoms with Gasteiger partial charge in [0.05, 0.1) is 0 Å². The SMILES string of the molecule is CCN(C)C(=O)NCCC1CCCCN1. The molecule has 0 radical (unpaired) electrons. The van der Waals surface area contributed by atoms with Crippen LogP contribution in [-0.4, -0.2) is 43.7 Å². The molecule has 0 saturated carbocycles. The highest BCUT2D eigenvalue weighted by Gasteiger charge is 2.12. The van der Waals surface area contributed by atoms with Crippen LogP contribution in [0.4, 0.5) is 4.79 Å². The highest BCUT2D eigenvalue weighted by molar-refractivity contribution is 5.73. The Morgan fingerprint density at radius 2 is 2.33 bits per heavy atom. The number of urea groups is 1. The first-order valence-electron chi connectivity index (χ1n) is 5.96. The van der Waals surface area contributed by atoms with Gasteiger partial charge in [-0.2, -0.15) is 0 Å². The van der Waals surface area contributed by atoms with Crippen LogP contribution >= 0.6 is 0 Å². The Bertz CT molecular complexity index is 190. The van der Waals surface area contributed by atoms with Crippen LogP contribution < -0.4 is 10.6 Å². The van der Waals surface area contributed by atoms with Crippen molar-refractivity contribution in [1.29, 1.82) is 0 Å². The average molecular weight is 213 g/mol. The summed E-state index contributed by atoms with van der Waals surface area (Å²) in [6.45, 7) is 4.64. The van der Waals surface area contributed by atoms with E-state index in [4.69, 9.17) is 0 Å². The molecule has 1 atom stereocenters. The fraction of sp³-hybridized carbons (Fsp3) is 0.909. The van der Waals surface area contributed by atoms with Crippen molar-refractivity contribution in [3.05, 3.63) is 0 Å². The minimum absolute atomic E-state index is 0.0355. The van der Waals surface area contributed by atoms with Crippen molar-refractivity contribution in [3.63, 3.8) is 0 Å². The lowest BCUT2D eigenvalue weighted by Crippen LogP contribution is -2.41.